The normalized spacial score (nSPS) is 15.6. The summed E-state index contributed by atoms with van der Waals surface area (Å²) in [5, 5.41) is 2.86. The van der Waals surface area contributed by atoms with Crippen LogP contribution in [0, 0.1) is 5.92 Å². The average molecular weight is 420 g/mol. The van der Waals surface area contributed by atoms with E-state index in [0.29, 0.717) is 37.5 Å². The first-order valence-corrected chi connectivity index (χ1v) is 10.2. The first kappa shape index (κ1) is 23.5. The quantitative estimate of drug-likeness (QED) is 0.792. The number of carbonyl (C=O) groups is 3. The second-order valence-electron chi connectivity index (χ2n) is 8.72. The molecule has 0 spiro atoms. The number of hydrogen-bond acceptors (Lipinski definition) is 5. The van der Waals surface area contributed by atoms with Gasteiger partial charge in [-0.2, -0.15) is 0 Å². The molecule has 2 rings (SSSR count). The number of hydrogen-bond donors (Lipinski definition) is 1. The average Bonchev–Trinajstić information content (AvgIpc) is 2.70. The molecule has 0 radical (unpaired) electrons. The largest absolute Gasteiger partial charge is 0.497 e. The van der Waals surface area contributed by atoms with Crippen molar-refractivity contribution in [3.8, 4) is 5.75 Å². The van der Waals surface area contributed by atoms with Crippen LogP contribution in [0.4, 0.5) is 4.79 Å². The van der Waals surface area contributed by atoms with Crippen molar-refractivity contribution in [1.29, 1.82) is 0 Å². The molecular formula is C22H33N3O5. The molecule has 8 heteroatoms. The molecule has 1 aromatic carbocycles. The van der Waals surface area contributed by atoms with E-state index in [1.54, 1.807) is 41.2 Å². The van der Waals surface area contributed by atoms with Crippen LogP contribution in [0.2, 0.25) is 0 Å². The van der Waals surface area contributed by atoms with Gasteiger partial charge in [-0.1, -0.05) is 13.8 Å². The molecule has 0 saturated carbocycles. The lowest BCUT2D eigenvalue weighted by molar-refractivity contribution is -0.136. The molecule has 8 nitrogen and oxygen atoms in total. The molecule has 1 atom stereocenters. The van der Waals surface area contributed by atoms with E-state index in [-0.39, 0.29) is 23.8 Å². The summed E-state index contributed by atoms with van der Waals surface area (Å²) in [6, 6.07) is 6.09. The molecule has 0 bridgehead atoms. The van der Waals surface area contributed by atoms with Gasteiger partial charge in [0.05, 0.1) is 7.11 Å². The van der Waals surface area contributed by atoms with Gasteiger partial charge in [-0.3, -0.25) is 9.59 Å². The van der Waals surface area contributed by atoms with E-state index in [2.05, 4.69) is 5.32 Å². The molecule has 1 heterocycles. The number of nitrogens with zero attached hydrogens (tertiary/aromatic N) is 2. The molecule has 1 N–H and O–H groups in total. The molecule has 3 amide bonds. The van der Waals surface area contributed by atoms with Gasteiger partial charge in [0.1, 0.15) is 17.4 Å². The fourth-order valence-electron chi connectivity index (χ4n) is 3.11. The van der Waals surface area contributed by atoms with Crippen molar-refractivity contribution in [3.63, 3.8) is 0 Å². The number of benzene rings is 1. The fraction of sp³-hybridized carbons (Fsp3) is 0.591. The van der Waals surface area contributed by atoms with Crippen LogP contribution in [0.15, 0.2) is 24.3 Å². The van der Waals surface area contributed by atoms with E-state index < -0.39 is 11.6 Å². The second kappa shape index (κ2) is 9.82. The highest BCUT2D eigenvalue weighted by Gasteiger charge is 2.33. The van der Waals surface area contributed by atoms with Crippen LogP contribution in [0.3, 0.4) is 0 Å². The van der Waals surface area contributed by atoms with Gasteiger partial charge in [-0.05, 0) is 51.0 Å². The van der Waals surface area contributed by atoms with Crippen LogP contribution in [-0.4, -0.2) is 72.6 Å². The third-order valence-electron chi connectivity index (χ3n) is 4.81. The minimum absolute atomic E-state index is 0.0800. The number of amides is 3. The first-order chi connectivity index (χ1) is 14.0. The van der Waals surface area contributed by atoms with Crippen LogP contribution in [0.5, 0.6) is 5.75 Å². The number of rotatable bonds is 5. The van der Waals surface area contributed by atoms with E-state index >= 15 is 0 Å². The molecule has 1 aromatic rings. The summed E-state index contributed by atoms with van der Waals surface area (Å²) >= 11 is 0. The van der Waals surface area contributed by atoms with Crippen LogP contribution in [0.25, 0.3) is 0 Å². The van der Waals surface area contributed by atoms with Gasteiger partial charge in [0.25, 0.3) is 5.91 Å². The summed E-state index contributed by atoms with van der Waals surface area (Å²) < 4.78 is 10.5. The molecular weight excluding hydrogens is 386 g/mol. The summed E-state index contributed by atoms with van der Waals surface area (Å²) in [5.41, 5.74) is -0.0950. The number of nitrogens with one attached hydrogen (secondary N) is 1. The molecule has 1 fully saturated rings. The monoisotopic (exact) mass is 419 g/mol. The number of methoxy groups -OCH3 is 1. The number of carbonyl (C=O) groups excluding carboxylic acids is 3. The lowest BCUT2D eigenvalue weighted by atomic mass is 10.0. The number of piperazine rings is 1. The van der Waals surface area contributed by atoms with Crippen LogP contribution < -0.4 is 10.1 Å². The standard InChI is InChI=1S/C22H33N3O5/c1-15(2)18(23-19(26)16-7-9-17(29-6)10-8-16)20(27)24-11-13-25(14-12-24)21(28)30-22(3,4)5/h7-10,15,18H,11-14H2,1-6H3,(H,23,26). The predicted molar refractivity (Wildman–Crippen MR) is 113 cm³/mol. The Balaban J connectivity index is 1.97. The van der Waals surface area contributed by atoms with Crippen molar-refractivity contribution in [2.45, 2.75) is 46.3 Å². The van der Waals surface area contributed by atoms with Crippen LogP contribution in [-0.2, 0) is 9.53 Å². The van der Waals surface area contributed by atoms with Gasteiger partial charge in [0.2, 0.25) is 5.91 Å². The third-order valence-corrected chi connectivity index (χ3v) is 4.81. The van der Waals surface area contributed by atoms with E-state index in [1.807, 2.05) is 34.6 Å². The number of ether oxygens (including phenoxy) is 2. The van der Waals surface area contributed by atoms with E-state index in [4.69, 9.17) is 9.47 Å². The van der Waals surface area contributed by atoms with Crippen LogP contribution >= 0.6 is 0 Å². The van der Waals surface area contributed by atoms with Crippen molar-refractivity contribution in [2.75, 3.05) is 33.3 Å². The minimum atomic E-state index is -0.646. The Hall–Kier alpha value is -2.77. The van der Waals surface area contributed by atoms with Crippen molar-refractivity contribution in [1.82, 2.24) is 15.1 Å². The zero-order valence-corrected chi connectivity index (χ0v) is 18.7. The zero-order valence-electron chi connectivity index (χ0n) is 18.7. The summed E-state index contributed by atoms with van der Waals surface area (Å²) in [7, 11) is 1.56. The Morgan fingerprint density at radius 1 is 0.967 bits per heavy atom. The fourth-order valence-corrected chi connectivity index (χ4v) is 3.11. The zero-order chi connectivity index (χ0) is 22.5. The molecule has 1 aliphatic heterocycles. The molecule has 1 aliphatic rings. The predicted octanol–water partition coefficient (Wildman–Crippen LogP) is 2.53. The summed E-state index contributed by atoms with van der Waals surface area (Å²) in [5.74, 6) is 0.127. The Morgan fingerprint density at radius 2 is 1.50 bits per heavy atom. The van der Waals surface area contributed by atoms with E-state index in [0.717, 1.165) is 0 Å². The lowest BCUT2D eigenvalue weighted by Crippen LogP contribution is -2.57. The van der Waals surface area contributed by atoms with E-state index in [1.165, 1.54) is 0 Å². The smallest absolute Gasteiger partial charge is 0.410 e. The summed E-state index contributed by atoms with van der Waals surface area (Å²) in [6.45, 7) is 10.9. The van der Waals surface area contributed by atoms with Gasteiger partial charge in [0.15, 0.2) is 0 Å². The maximum Gasteiger partial charge on any atom is 0.410 e. The van der Waals surface area contributed by atoms with Crippen molar-refractivity contribution >= 4 is 17.9 Å². The van der Waals surface area contributed by atoms with Crippen LogP contribution in [0.1, 0.15) is 45.0 Å². The van der Waals surface area contributed by atoms with Crippen molar-refractivity contribution < 1.29 is 23.9 Å². The van der Waals surface area contributed by atoms with Gasteiger partial charge in [-0.25, -0.2) is 4.79 Å². The van der Waals surface area contributed by atoms with Gasteiger partial charge in [0, 0.05) is 31.7 Å². The Kier molecular flexibility index (Phi) is 7.70. The Labute approximate surface area is 178 Å². The highest BCUT2D eigenvalue weighted by Crippen LogP contribution is 2.15. The molecule has 0 aromatic heterocycles. The molecule has 0 aliphatic carbocycles. The molecule has 30 heavy (non-hydrogen) atoms. The molecule has 166 valence electrons. The van der Waals surface area contributed by atoms with Gasteiger partial charge < -0.3 is 24.6 Å². The maximum atomic E-state index is 13.1. The lowest BCUT2D eigenvalue weighted by Gasteiger charge is -2.37. The maximum absolute atomic E-state index is 13.1. The highest BCUT2D eigenvalue weighted by atomic mass is 16.6. The van der Waals surface area contributed by atoms with Crippen molar-refractivity contribution in [2.24, 2.45) is 5.92 Å². The Morgan fingerprint density at radius 3 is 1.97 bits per heavy atom. The topological polar surface area (TPSA) is 88.2 Å². The van der Waals surface area contributed by atoms with Crippen molar-refractivity contribution in [3.05, 3.63) is 29.8 Å². The molecule has 1 unspecified atom stereocenters. The first-order valence-electron chi connectivity index (χ1n) is 10.2. The Bertz CT molecular complexity index is 747. The third kappa shape index (κ3) is 6.37. The SMILES string of the molecule is COc1ccc(C(=O)NC(C(=O)N2CCN(C(=O)OC(C)(C)C)CC2)C(C)C)cc1. The van der Waals surface area contributed by atoms with E-state index in [9.17, 15) is 14.4 Å². The molecule has 1 saturated heterocycles. The highest BCUT2D eigenvalue weighted by molar-refractivity contribution is 5.97. The summed E-state index contributed by atoms with van der Waals surface area (Å²) in [4.78, 5) is 41.2. The van der Waals surface area contributed by atoms with Gasteiger partial charge >= 0.3 is 6.09 Å². The minimum Gasteiger partial charge on any atom is -0.497 e. The summed E-state index contributed by atoms with van der Waals surface area (Å²) in [6.07, 6.45) is -0.372. The second-order valence-corrected chi connectivity index (χ2v) is 8.72. The van der Waals surface area contributed by atoms with Gasteiger partial charge in [-0.15, -0.1) is 0 Å².